The Bertz CT molecular complexity index is 302. The number of urea groups is 1. The van der Waals surface area contributed by atoms with E-state index in [1.807, 2.05) is 7.05 Å². The van der Waals surface area contributed by atoms with Gasteiger partial charge >= 0.3 is 6.03 Å². The summed E-state index contributed by atoms with van der Waals surface area (Å²) in [6.07, 6.45) is 3.24. The Labute approximate surface area is 82.6 Å². The number of fused-ring (bicyclic) bond motifs is 3. The number of hydrogen-bond acceptors (Lipinski definition) is 3. The van der Waals surface area contributed by atoms with Crippen molar-refractivity contribution < 1.29 is 10.0 Å². The van der Waals surface area contributed by atoms with Crippen molar-refractivity contribution in [1.82, 2.24) is 15.3 Å². The molecule has 1 atom stereocenters. The number of likely N-dealkylation sites (N-methyl/N-ethyl adjacent to an activating group) is 1. The second-order valence-electron chi connectivity index (χ2n) is 4.66. The molecule has 5 nitrogen and oxygen atoms in total. The van der Waals surface area contributed by atoms with Crippen LogP contribution in [0.25, 0.3) is 0 Å². The van der Waals surface area contributed by atoms with Crippen LogP contribution < -0.4 is 5.32 Å². The molecule has 1 spiro atoms. The molecule has 0 aromatic carbocycles. The Kier molecular flexibility index (Phi) is 1.35. The van der Waals surface area contributed by atoms with E-state index >= 15 is 0 Å². The lowest BCUT2D eigenvalue weighted by Gasteiger charge is -2.42. The summed E-state index contributed by atoms with van der Waals surface area (Å²) >= 11 is 0. The molecule has 3 fully saturated rings. The first kappa shape index (κ1) is 8.49. The minimum atomic E-state index is -0.512. The maximum atomic E-state index is 11.6. The topological polar surface area (TPSA) is 55.8 Å². The van der Waals surface area contributed by atoms with Gasteiger partial charge in [0.1, 0.15) is 5.66 Å². The molecule has 2 amide bonds. The van der Waals surface area contributed by atoms with Gasteiger partial charge in [-0.25, -0.2) is 4.79 Å². The summed E-state index contributed by atoms with van der Waals surface area (Å²) in [5.41, 5.74) is -0.374. The second kappa shape index (κ2) is 2.23. The van der Waals surface area contributed by atoms with Gasteiger partial charge in [0.05, 0.1) is 6.54 Å². The first-order chi connectivity index (χ1) is 6.65. The van der Waals surface area contributed by atoms with Gasteiger partial charge in [0.2, 0.25) is 0 Å². The van der Waals surface area contributed by atoms with E-state index in [2.05, 4.69) is 5.32 Å². The van der Waals surface area contributed by atoms with E-state index in [1.165, 1.54) is 0 Å². The summed E-state index contributed by atoms with van der Waals surface area (Å²) in [5, 5.41) is 14.0. The molecule has 2 bridgehead atoms. The van der Waals surface area contributed by atoms with Gasteiger partial charge in [-0.3, -0.25) is 10.5 Å². The minimum Gasteiger partial charge on any atom is -0.319 e. The molecule has 2 heterocycles. The molecule has 3 rings (SSSR count). The number of hydrogen-bond donors (Lipinski definition) is 2. The Balaban J connectivity index is 2.06. The zero-order valence-electron chi connectivity index (χ0n) is 8.29. The van der Waals surface area contributed by atoms with E-state index < -0.39 is 5.66 Å². The lowest BCUT2D eigenvalue weighted by Crippen LogP contribution is -2.63. The van der Waals surface area contributed by atoms with Crippen molar-refractivity contribution in [2.24, 2.45) is 5.41 Å². The van der Waals surface area contributed by atoms with Crippen LogP contribution in [0.4, 0.5) is 4.79 Å². The van der Waals surface area contributed by atoms with E-state index in [9.17, 15) is 10.0 Å². The summed E-state index contributed by atoms with van der Waals surface area (Å²) in [4.78, 5) is 13.4. The molecule has 0 aromatic rings. The molecule has 1 saturated carbocycles. The maximum Gasteiger partial charge on any atom is 0.345 e. The molecule has 78 valence electrons. The van der Waals surface area contributed by atoms with Crippen LogP contribution in [0.2, 0.25) is 0 Å². The predicted octanol–water partition coefficient (Wildman–Crippen LogP) is 0.213. The molecule has 2 saturated heterocycles. The summed E-state index contributed by atoms with van der Waals surface area (Å²) in [7, 11) is 1.82. The highest BCUT2D eigenvalue weighted by Gasteiger charge is 2.69. The highest BCUT2D eigenvalue weighted by atomic mass is 16.5. The summed E-state index contributed by atoms with van der Waals surface area (Å²) in [5.74, 6) is 0. The summed E-state index contributed by atoms with van der Waals surface area (Å²) in [6, 6.07) is -0.247. The first-order valence-corrected chi connectivity index (χ1v) is 5.12. The van der Waals surface area contributed by atoms with E-state index in [4.69, 9.17) is 0 Å². The fraction of sp³-hybridized carbons (Fsp3) is 0.889. The van der Waals surface area contributed by atoms with Gasteiger partial charge in [0.25, 0.3) is 0 Å². The molecule has 2 aliphatic heterocycles. The minimum absolute atomic E-state index is 0.138. The average Bonchev–Trinajstić information content (AvgIpc) is 2.94. The van der Waals surface area contributed by atoms with Gasteiger partial charge < -0.3 is 4.90 Å². The van der Waals surface area contributed by atoms with Crippen LogP contribution in [-0.2, 0) is 0 Å². The maximum absolute atomic E-state index is 11.6. The van der Waals surface area contributed by atoms with Crippen molar-refractivity contribution in [1.29, 1.82) is 0 Å². The summed E-state index contributed by atoms with van der Waals surface area (Å²) < 4.78 is 0. The largest absolute Gasteiger partial charge is 0.345 e. The van der Waals surface area contributed by atoms with Crippen LogP contribution >= 0.6 is 0 Å². The van der Waals surface area contributed by atoms with Crippen molar-refractivity contribution in [3.8, 4) is 0 Å². The van der Waals surface area contributed by atoms with E-state index in [0.717, 1.165) is 30.9 Å². The first-order valence-electron chi connectivity index (χ1n) is 5.12. The quantitative estimate of drug-likeness (QED) is 0.591. The number of carbonyl (C=O) groups excluding carboxylic acids is 1. The van der Waals surface area contributed by atoms with Crippen molar-refractivity contribution in [3.63, 3.8) is 0 Å². The van der Waals surface area contributed by atoms with E-state index in [-0.39, 0.29) is 11.4 Å². The Hall–Kier alpha value is -0.810. The van der Waals surface area contributed by atoms with Crippen molar-refractivity contribution in [2.45, 2.75) is 24.9 Å². The predicted molar refractivity (Wildman–Crippen MR) is 48.7 cm³/mol. The number of rotatable bonds is 1. The number of nitrogens with one attached hydrogen (secondary N) is 1. The summed E-state index contributed by atoms with van der Waals surface area (Å²) in [6.45, 7) is 1.41. The third-order valence-corrected chi connectivity index (χ3v) is 4.24. The number of piperidine rings is 1. The van der Waals surface area contributed by atoms with Crippen LogP contribution in [0.5, 0.6) is 0 Å². The molecule has 14 heavy (non-hydrogen) atoms. The second-order valence-corrected chi connectivity index (χ2v) is 4.66. The molecule has 2 N–H and O–H groups in total. The van der Waals surface area contributed by atoms with Crippen molar-refractivity contribution in [3.05, 3.63) is 0 Å². The third kappa shape index (κ3) is 0.685. The van der Waals surface area contributed by atoms with Crippen molar-refractivity contribution in [2.75, 3.05) is 20.1 Å². The highest BCUT2D eigenvalue weighted by molar-refractivity contribution is 5.77. The number of hydroxylamine groups is 2. The van der Waals surface area contributed by atoms with Gasteiger partial charge in [-0.2, -0.15) is 5.06 Å². The number of carbonyl (C=O) groups is 1. The molecule has 0 radical (unpaired) electrons. The normalized spacial score (nSPS) is 38.3. The van der Waals surface area contributed by atoms with Gasteiger partial charge in [-0.05, 0) is 26.3 Å². The fourth-order valence-electron chi connectivity index (χ4n) is 3.10. The van der Waals surface area contributed by atoms with E-state index in [1.54, 1.807) is 4.90 Å². The van der Waals surface area contributed by atoms with Crippen LogP contribution in [0.3, 0.4) is 0 Å². The van der Waals surface area contributed by atoms with Crippen LogP contribution in [0.1, 0.15) is 19.3 Å². The standard InChI is InChI=1S/C9H15N3O2/c1-10-9-6-11(7(13)12(9)14)5-4-8(9)2-3-8/h10,14H,2-6H2,1H3/t9-/m0/s1. The SMILES string of the molecule is CN[C@]12CN(CCC13CC3)C(=O)N2O. The smallest absolute Gasteiger partial charge is 0.319 e. The van der Waals surface area contributed by atoms with Crippen LogP contribution in [0.15, 0.2) is 0 Å². The van der Waals surface area contributed by atoms with Gasteiger partial charge in [0, 0.05) is 12.0 Å². The lowest BCUT2D eigenvalue weighted by molar-refractivity contribution is -0.146. The number of nitrogens with zero attached hydrogens (tertiary/aromatic N) is 2. The zero-order chi connectivity index (χ0) is 9.97. The van der Waals surface area contributed by atoms with Gasteiger partial charge in [-0.1, -0.05) is 0 Å². The third-order valence-electron chi connectivity index (χ3n) is 4.24. The average molecular weight is 197 g/mol. The molecule has 0 aromatic heterocycles. The molecular formula is C9H15N3O2. The van der Waals surface area contributed by atoms with Gasteiger partial charge in [0.15, 0.2) is 0 Å². The molecular weight excluding hydrogens is 182 g/mol. The van der Waals surface area contributed by atoms with Crippen molar-refractivity contribution >= 4 is 6.03 Å². The lowest BCUT2D eigenvalue weighted by atomic mass is 9.83. The molecule has 3 aliphatic rings. The molecule has 1 aliphatic carbocycles. The Morgan fingerprint density at radius 3 is 2.71 bits per heavy atom. The van der Waals surface area contributed by atoms with Crippen LogP contribution in [-0.4, -0.2) is 47.0 Å². The monoisotopic (exact) mass is 197 g/mol. The fourth-order valence-corrected chi connectivity index (χ4v) is 3.10. The Morgan fingerprint density at radius 1 is 1.43 bits per heavy atom. The number of amides is 2. The van der Waals surface area contributed by atoms with Crippen LogP contribution in [0, 0.1) is 5.41 Å². The molecule has 5 heteroatoms. The molecule has 0 unspecified atom stereocenters. The van der Waals surface area contributed by atoms with Gasteiger partial charge in [-0.15, -0.1) is 0 Å². The zero-order valence-corrected chi connectivity index (χ0v) is 8.29. The Morgan fingerprint density at radius 2 is 2.14 bits per heavy atom. The highest BCUT2D eigenvalue weighted by Crippen LogP contribution is 2.61. The van der Waals surface area contributed by atoms with E-state index in [0.29, 0.717) is 6.54 Å².